The number of rotatable bonds is 3. The molecule has 1 fully saturated rings. The van der Waals surface area contributed by atoms with E-state index in [1.807, 2.05) is 12.1 Å². The van der Waals surface area contributed by atoms with Crippen molar-refractivity contribution in [2.45, 2.75) is 19.0 Å². The predicted octanol–water partition coefficient (Wildman–Crippen LogP) is 1.75. The standard InChI is InChI=1S/C14H14N2O2S/c1-16-13(17)6-11(14(16)18)15-7-9-8-19-12-5-3-2-4-10(9)12/h2-5,8,11,15H,6-7H2,1H3. The van der Waals surface area contributed by atoms with Crippen LogP contribution in [0.4, 0.5) is 0 Å². The average Bonchev–Trinajstić information content (AvgIpc) is 2.94. The van der Waals surface area contributed by atoms with Crippen molar-refractivity contribution in [1.29, 1.82) is 0 Å². The molecule has 1 aliphatic rings. The number of nitrogens with zero attached hydrogens (tertiary/aromatic N) is 1. The van der Waals surface area contributed by atoms with E-state index in [4.69, 9.17) is 0 Å². The number of thiophene rings is 1. The molecule has 1 atom stereocenters. The van der Waals surface area contributed by atoms with Crippen molar-refractivity contribution >= 4 is 33.2 Å². The third-order valence-electron chi connectivity index (χ3n) is 3.48. The highest BCUT2D eigenvalue weighted by molar-refractivity contribution is 7.17. The van der Waals surface area contributed by atoms with Crippen molar-refractivity contribution in [3.63, 3.8) is 0 Å². The molecule has 0 bridgehead atoms. The first kappa shape index (κ1) is 12.3. The second-order valence-electron chi connectivity index (χ2n) is 4.69. The van der Waals surface area contributed by atoms with E-state index in [1.165, 1.54) is 27.6 Å². The highest BCUT2D eigenvalue weighted by Gasteiger charge is 2.35. The summed E-state index contributed by atoms with van der Waals surface area (Å²) in [4.78, 5) is 24.4. The minimum absolute atomic E-state index is 0.113. The van der Waals surface area contributed by atoms with Gasteiger partial charge in [-0.2, -0.15) is 0 Å². The summed E-state index contributed by atoms with van der Waals surface area (Å²) in [5.41, 5.74) is 1.18. The van der Waals surface area contributed by atoms with E-state index in [9.17, 15) is 9.59 Å². The van der Waals surface area contributed by atoms with E-state index in [-0.39, 0.29) is 24.3 Å². The molecule has 0 radical (unpaired) electrons. The van der Waals surface area contributed by atoms with Crippen molar-refractivity contribution in [3.8, 4) is 0 Å². The highest BCUT2D eigenvalue weighted by atomic mass is 32.1. The summed E-state index contributed by atoms with van der Waals surface area (Å²) < 4.78 is 1.24. The molecule has 4 nitrogen and oxygen atoms in total. The average molecular weight is 274 g/mol. The highest BCUT2D eigenvalue weighted by Crippen LogP contribution is 2.25. The van der Waals surface area contributed by atoms with E-state index in [0.29, 0.717) is 6.54 Å². The first-order valence-corrected chi connectivity index (χ1v) is 7.03. The molecule has 1 aromatic heterocycles. The number of amides is 2. The van der Waals surface area contributed by atoms with Crippen LogP contribution in [0.15, 0.2) is 29.6 Å². The Kier molecular flexibility index (Phi) is 3.08. The van der Waals surface area contributed by atoms with Gasteiger partial charge in [0.1, 0.15) is 0 Å². The number of likely N-dealkylation sites (N-methyl/N-ethyl adjacent to an activating group) is 1. The molecule has 0 spiro atoms. The fraction of sp³-hybridized carbons (Fsp3) is 0.286. The molecule has 0 saturated carbocycles. The minimum atomic E-state index is -0.379. The summed E-state index contributed by atoms with van der Waals surface area (Å²) in [7, 11) is 1.53. The Morgan fingerprint density at radius 1 is 1.37 bits per heavy atom. The monoisotopic (exact) mass is 274 g/mol. The van der Waals surface area contributed by atoms with Crippen molar-refractivity contribution in [2.24, 2.45) is 0 Å². The predicted molar refractivity (Wildman–Crippen MR) is 74.8 cm³/mol. The molecule has 1 saturated heterocycles. The summed E-state index contributed by atoms with van der Waals surface area (Å²) in [6.45, 7) is 0.613. The van der Waals surface area contributed by atoms with Crippen molar-refractivity contribution in [1.82, 2.24) is 10.2 Å². The van der Waals surface area contributed by atoms with Crippen LogP contribution in [0, 0.1) is 0 Å². The fourth-order valence-electron chi connectivity index (χ4n) is 2.32. The zero-order valence-corrected chi connectivity index (χ0v) is 11.4. The first-order chi connectivity index (χ1) is 9.16. The van der Waals surface area contributed by atoms with Gasteiger partial charge < -0.3 is 5.32 Å². The summed E-state index contributed by atoms with van der Waals surface area (Å²) in [5, 5.41) is 6.49. The van der Waals surface area contributed by atoms with Gasteiger partial charge in [0, 0.05) is 18.3 Å². The van der Waals surface area contributed by atoms with Gasteiger partial charge in [0.25, 0.3) is 0 Å². The van der Waals surface area contributed by atoms with Crippen LogP contribution in [0.25, 0.3) is 10.1 Å². The molecule has 19 heavy (non-hydrogen) atoms. The molecule has 1 aromatic carbocycles. The molecule has 2 aromatic rings. The lowest BCUT2D eigenvalue weighted by Crippen LogP contribution is -2.36. The van der Waals surface area contributed by atoms with Crippen LogP contribution >= 0.6 is 11.3 Å². The Morgan fingerprint density at radius 2 is 2.16 bits per heavy atom. The van der Waals surface area contributed by atoms with E-state index < -0.39 is 0 Å². The molecule has 3 rings (SSSR count). The molecule has 1 aliphatic heterocycles. The Bertz CT molecular complexity index is 650. The van der Waals surface area contributed by atoms with Crippen LogP contribution in [0.2, 0.25) is 0 Å². The zero-order chi connectivity index (χ0) is 13.4. The number of imide groups is 1. The SMILES string of the molecule is CN1C(=O)CC(NCc2csc3ccccc23)C1=O. The lowest BCUT2D eigenvalue weighted by molar-refractivity contribution is -0.137. The number of hydrogen-bond acceptors (Lipinski definition) is 4. The van der Waals surface area contributed by atoms with Crippen LogP contribution in [-0.2, 0) is 16.1 Å². The van der Waals surface area contributed by atoms with E-state index in [0.717, 1.165) is 0 Å². The molecule has 2 amide bonds. The van der Waals surface area contributed by atoms with Crippen LogP contribution in [0.5, 0.6) is 0 Å². The Hall–Kier alpha value is -1.72. The number of fused-ring (bicyclic) bond motifs is 1. The number of likely N-dealkylation sites (tertiary alicyclic amines) is 1. The number of nitrogens with one attached hydrogen (secondary N) is 1. The van der Waals surface area contributed by atoms with Gasteiger partial charge >= 0.3 is 0 Å². The molecule has 1 N–H and O–H groups in total. The number of benzene rings is 1. The number of carbonyl (C=O) groups is 2. The van der Waals surface area contributed by atoms with Gasteiger partial charge in [-0.15, -0.1) is 11.3 Å². The van der Waals surface area contributed by atoms with Crippen LogP contribution in [0.1, 0.15) is 12.0 Å². The summed E-state index contributed by atoms with van der Waals surface area (Å²) in [6, 6.07) is 7.81. The fourth-order valence-corrected chi connectivity index (χ4v) is 3.28. The second-order valence-corrected chi connectivity index (χ2v) is 5.60. The normalized spacial score (nSPS) is 19.6. The van der Waals surface area contributed by atoms with Crippen molar-refractivity contribution in [2.75, 3.05) is 7.05 Å². The van der Waals surface area contributed by atoms with Gasteiger partial charge in [-0.3, -0.25) is 14.5 Å². The quantitative estimate of drug-likeness (QED) is 0.868. The maximum atomic E-state index is 11.8. The third-order valence-corrected chi connectivity index (χ3v) is 4.49. The van der Waals surface area contributed by atoms with E-state index in [2.05, 4.69) is 22.8 Å². The number of carbonyl (C=O) groups excluding carboxylic acids is 2. The molecular weight excluding hydrogens is 260 g/mol. The zero-order valence-electron chi connectivity index (χ0n) is 10.6. The van der Waals surface area contributed by atoms with Gasteiger partial charge in [-0.05, 0) is 22.4 Å². The summed E-state index contributed by atoms with van der Waals surface area (Å²) in [6.07, 6.45) is 0.261. The van der Waals surface area contributed by atoms with Crippen molar-refractivity contribution < 1.29 is 9.59 Å². The first-order valence-electron chi connectivity index (χ1n) is 6.15. The van der Waals surface area contributed by atoms with Gasteiger partial charge in [-0.25, -0.2) is 0 Å². The van der Waals surface area contributed by atoms with E-state index >= 15 is 0 Å². The second kappa shape index (κ2) is 4.75. The van der Waals surface area contributed by atoms with Gasteiger partial charge in [0.15, 0.2) is 0 Å². The lowest BCUT2D eigenvalue weighted by Gasteiger charge is -2.10. The molecule has 5 heteroatoms. The molecule has 2 heterocycles. The topological polar surface area (TPSA) is 49.4 Å². The Labute approximate surface area is 115 Å². The largest absolute Gasteiger partial charge is 0.301 e. The van der Waals surface area contributed by atoms with Crippen LogP contribution in [-0.4, -0.2) is 29.8 Å². The molecular formula is C14H14N2O2S. The summed E-state index contributed by atoms with van der Waals surface area (Å²) in [5.74, 6) is -0.248. The number of hydrogen-bond donors (Lipinski definition) is 1. The smallest absolute Gasteiger partial charge is 0.246 e. The maximum Gasteiger partial charge on any atom is 0.246 e. The minimum Gasteiger partial charge on any atom is -0.301 e. The van der Waals surface area contributed by atoms with Gasteiger partial charge in [0.05, 0.1) is 12.5 Å². The Morgan fingerprint density at radius 3 is 2.89 bits per heavy atom. The van der Waals surface area contributed by atoms with Crippen LogP contribution < -0.4 is 5.32 Å². The Balaban J connectivity index is 1.73. The molecule has 0 aliphatic carbocycles. The maximum absolute atomic E-state index is 11.8. The summed E-state index contributed by atoms with van der Waals surface area (Å²) >= 11 is 1.70. The van der Waals surface area contributed by atoms with Gasteiger partial charge in [-0.1, -0.05) is 18.2 Å². The van der Waals surface area contributed by atoms with Crippen LogP contribution in [0.3, 0.4) is 0 Å². The van der Waals surface area contributed by atoms with E-state index in [1.54, 1.807) is 11.3 Å². The van der Waals surface area contributed by atoms with Crippen molar-refractivity contribution in [3.05, 3.63) is 35.2 Å². The third kappa shape index (κ3) is 2.15. The molecule has 98 valence electrons. The van der Waals surface area contributed by atoms with Gasteiger partial charge in [0.2, 0.25) is 11.8 Å². The lowest BCUT2D eigenvalue weighted by atomic mass is 10.1. The molecule has 1 unspecified atom stereocenters.